The standard InChI is InChI=1S/C12H18N6O3/c1-13-10-15-11(18-5-3-4-14-18)17-12(16-10)21-9-8-20-7-6-19-2/h3-5H,6-9H2,1-2H3,(H,13,15,16,17). The lowest BCUT2D eigenvalue weighted by molar-refractivity contribution is 0.0528. The minimum atomic E-state index is 0.218. The normalized spacial score (nSPS) is 10.6. The largest absolute Gasteiger partial charge is 0.461 e. The van der Waals surface area contributed by atoms with Gasteiger partial charge < -0.3 is 19.5 Å². The minimum absolute atomic E-state index is 0.218. The zero-order valence-corrected chi connectivity index (χ0v) is 12.0. The van der Waals surface area contributed by atoms with E-state index in [9.17, 15) is 0 Å². The molecule has 21 heavy (non-hydrogen) atoms. The highest BCUT2D eigenvalue weighted by Gasteiger charge is 2.08. The number of methoxy groups -OCH3 is 1. The van der Waals surface area contributed by atoms with Gasteiger partial charge >= 0.3 is 6.01 Å². The van der Waals surface area contributed by atoms with Crippen LogP contribution >= 0.6 is 0 Å². The first-order valence-corrected chi connectivity index (χ1v) is 6.47. The minimum Gasteiger partial charge on any atom is -0.461 e. The van der Waals surface area contributed by atoms with Crippen molar-refractivity contribution in [2.45, 2.75) is 0 Å². The van der Waals surface area contributed by atoms with Crippen LogP contribution in [-0.2, 0) is 9.47 Å². The third kappa shape index (κ3) is 4.65. The summed E-state index contributed by atoms with van der Waals surface area (Å²) in [5.41, 5.74) is 0. The summed E-state index contributed by atoms with van der Waals surface area (Å²) in [7, 11) is 3.35. The Labute approximate surface area is 122 Å². The van der Waals surface area contributed by atoms with E-state index in [0.29, 0.717) is 38.3 Å². The van der Waals surface area contributed by atoms with Crippen LogP contribution in [0.15, 0.2) is 18.5 Å². The summed E-state index contributed by atoms with van der Waals surface area (Å²) >= 11 is 0. The fourth-order valence-corrected chi connectivity index (χ4v) is 1.45. The highest BCUT2D eigenvalue weighted by molar-refractivity contribution is 5.28. The molecule has 1 N–H and O–H groups in total. The van der Waals surface area contributed by atoms with Crippen molar-refractivity contribution in [3.8, 4) is 12.0 Å². The van der Waals surface area contributed by atoms with E-state index < -0.39 is 0 Å². The summed E-state index contributed by atoms with van der Waals surface area (Å²) in [5, 5.41) is 6.93. The number of rotatable bonds is 9. The van der Waals surface area contributed by atoms with E-state index in [0.717, 1.165) is 0 Å². The summed E-state index contributed by atoms with van der Waals surface area (Å²) in [5.74, 6) is 0.792. The maximum Gasteiger partial charge on any atom is 0.323 e. The van der Waals surface area contributed by atoms with Crippen LogP contribution in [0.2, 0.25) is 0 Å². The van der Waals surface area contributed by atoms with Crippen LogP contribution in [0.1, 0.15) is 0 Å². The van der Waals surface area contributed by atoms with Gasteiger partial charge in [-0.1, -0.05) is 0 Å². The van der Waals surface area contributed by atoms with Crippen molar-refractivity contribution in [2.75, 3.05) is 45.9 Å². The second-order valence-corrected chi connectivity index (χ2v) is 3.90. The molecule has 0 aliphatic rings. The average Bonchev–Trinajstić information content (AvgIpc) is 3.05. The Bertz CT molecular complexity index is 534. The van der Waals surface area contributed by atoms with Gasteiger partial charge in [0, 0.05) is 26.6 Å². The van der Waals surface area contributed by atoms with E-state index in [1.165, 1.54) is 4.68 Å². The van der Waals surface area contributed by atoms with E-state index in [1.807, 2.05) is 0 Å². The lowest BCUT2D eigenvalue weighted by atomic mass is 10.7. The second kappa shape index (κ2) is 8.12. The van der Waals surface area contributed by atoms with Crippen molar-refractivity contribution in [2.24, 2.45) is 0 Å². The topological polar surface area (TPSA) is 96.2 Å². The number of nitrogens with zero attached hydrogens (tertiary/aromatic N) is 5. The fourth-order valence-electron chi connectivity index (χ4n) is 1.45. The lowest BCUT2D eigenvalue weighted by Gasteiger charge is -2.08. The van der Waals surface area contributed by atoms with Gasteiger partial charge in [0.25, 0.3) is 5.95 Å². The van der Waals surface area contributed by atoms with E-state index in [2.05, 4.69) is 25.4 Å². The molecule has 0 aromatic carbocycles. The molecule has 9 nitrogen and oxygen atoms in total. The molecule has 2 aromatic rings. The zero-order chi connectivity index (χ0) is 14.9. The van der Waals surface area contributed by atoms with Crippen LogP contribution in [0.25, 0.3) is 5.95 Å². The molecule has 0 aliphatic heterocycles. The highest BCUT2D eigenvalue weighted by Crippen LogP contribution is 2.09. The van der Waals surface area contributed by atoms with Gasteiger partial charge in [0.05, 0.1) is 19.8 Å². The summed E-state index contributed by atoms with van der Waals surface area (Å²) in [6.07, 6.45) is 3.39. The molecule has 0 radical (unpaired) electrons. The van der Waals surface area contributed by atoms with Gasteiger partial charge in [-0.3, -0.25) is 0 Å². The van der Waals surface area contributed by atoms with Gasteiger partial charge in [-0.2, -0.15) is 20.1 Å². The van der Waals surface area contributed by atoms with Crippen LogP contribution < -0.4 is 10.1 Å². The first-order chi connectivity index (χ1) is 10.3. The smallest absolute Gasteiger partial charge is 0.323 e. The molecular weight excluding hydrogens is 276 g/mol. The molecule has 2 rings (SSSR count). The summed E-state index contributed by atoms with van der Waals surface area (Å²) < 4.78 is 17.2. The Morgan fingerprint density at radius 1 is 1.14 bits per heavy atom. The number of nitrogens with one attached hydrogen (secondary N) is 1. The van der Waals surface area contributed by atoms with E-state index in [1.54, 1.807) is 32.6 Å². The molecule has 114 valence electrons. The number of anilines is 1. The summed E-state index contributed by atoms with van der Waals surface area (Å²) in [6, 6.07) is 2.00. The molecule has 0 aliphatic carbocycles. The van der Waals surface area contributed by atoms with E-state index >= 15 is 0 Å². The van der Waals surface area contributed by atoms with Gasteiger partial charge in [-0.25, -0.2) is 4.68 Å². The monoisotopic (exact) mass is 294 g/mol. The van der Waals surface area contributed by atoms with Crippen molar-refractivity contribution in [1.82, 2.24) is 24.7 Å². The summed E-state index contributed by atoms with van der Waals surface area (Å²) in [4.78, 5) is 12.5. The number of ether oxygens (including phenoxy) is 3. The van der Waals surface area contributed by atoms with E-state index in [-0.39, 0.29) is 6.01 Å². The molecule has 0 unspecified atom stereocenters. The molecule has 0 saturated heterocycles. The number of aromatic nitrogens is 5. The lowest BCUT2D eigenvalue weighted by Crippen LogP contribution is -2.13. The molecule has 0 amide bonds. The van der Waals surface area contributed by atoms with Crippen molar-refractivity contribution in [3.05, 3.63) is 18.5 Å². The average molecular weight is 294 g/mol. The number of hydrogen-bond donors (Lipinski definition) is 1. The van der Waals surface area contributed by atoms with Gasteiger partial charge in [0.2, 0.25) is 5.95 Å². The fraction of sp³-hybridized carbons (Fsp3) is 0.500. The van der Waals surface area contributed by atoms with Crippen LogP contribution in [-0.4, -0.2) is 65.3 Å². The van der Waals surface area contributed by atoms with Gasteiger partial charge in [0.1, 0.15) is 6.61 Å². The van der Waals surface area contributed by atoms with Crippen molar-refractivity contribution in [1.29, 1.82) is 0 Å². The first-order valence-electron chi connectivity index (χ1n) is 6.47. The Balaban J connectivity index is 1.94. The predicted molar refractivity (Wildman–Crippen MR) is 74.7 cm³/mol. The Hall–Kier alpha value is -2.26. The molecule has 2 heterocycles. The Morgan fingerprint density at radius 3 is 2.71 bits per heavy atom. The SMILES string of the molecule is CNc1nc(OCCOCCOC)nc(-n2cccn2)n1. The molecule has 2 aromatic heterocycles. The maximum atomic E-state index is 5.46. The maximum absolute atomic E-state index is 5.46. The summed E-state index contributed by atoms with van der Waals surface area (Å²) in [6.45, 7) is 1.85. The number of hydrogen-bond acceptors (Lipinski definition) is 8. The molecule has 9 heteroatoms. The third-order valence-electron chi connectivity index (χ3n) is 2.43. The third-order valence-corrected chi connectivity index (χ3v) is 2.43. The molecule has 0 atom stereocenters. The highest BCUT2D eigenvalue weighted by atomic mass is 16.5. The molecule has 0 fully saturated rings. The van der Waals surface area contributed by atoms with Crippen LogP contribution in [0.3, 0.4) is 0 Å². The van der Waals surface area contributed by atoms with Crippen molar-refractivity contribution >= 4 is 5.95 Å². The molecule has 0 spiro atoms. The quantitative estimate of drug-likeness (QED) is 0.652. The van der Waals surface area contributed by atoms with Crippen molar-refractivity contribution < 1.29 is 14.2 Å². The molecule has 0 bridgehead atoms. The molecule has 0 saturated carbocycles. The van der Waals surface area contributed by atoms with E-state index in [4.69, 9.17) is 14.2 Å². The Kier molecular flexibility index (Phi) is 5.85. The van der Waals surface area contributed by atoms with Crippen LogP contribution in [0.4, 0.5) is 5.95 Å². The van der Waals surface area contributed by atoms with Crippen molar-refractivity contribution in [3.63, 3.8) is 0 Å². The first kappa shape index (κ1) is 15.1. The second-order valence-electron chi connectivity index (χ2n) is 3.90. The molecular formula is C12H18N6O3. The van der Waals surface area contributed by atoms with Gasteiger partial charge in [-0.15, -0.1) is 0 Å². The van der Waals surface area contributed by atoms with Crippen LogP contribution in [0.5, 0.6) is 6.01 Å². The van der Waals surface area contributed by atoms with Gasteiger partial charge in [0.15, 0.2) is 0 Å². The zero-order valence-electron chi connectivity index (χ0n) is 12.0. The Morgan fingerprint density at radius 2 is 2.00 bits per heavy atom. The van der Waals surface area contributed by atoms with Crippen LogP contribution in [0, 0.1) is 0 Å². The predicted octanol–water partition coefficient (Wildman–Crippen LogP) is 0.141. The van der Waals surface area contributed by atoms with Gasteiger partial charge in [-0.05, 0) is 6.07 Å².